The van der Waals surface area contributed by atoms with E-state index in [4.69, 9.17) is 11.6 Å². The number of ether oxygens (including phenoxy) is 5. The first kappa shape index (κ1) is 82.7. The summed E-state index contributed by atoms with van der Waals surface area (Å²) < 4.78 is 293. The third-order valence-corrected chi connectivity index (χ3v) is 12.9. The first-order chi connectivity index (χ1) is 34.4. The van der Waals surface area contributed by atoms with Crippen molar-refractivity contribution in [3.8, 4) is 11.8 Å². The van der Waals surface area contributed by atoms with Gasteiger partial charge in [-0.25, -0.2) is 37.3 Å². The smallest absolute Gasteiger partial charge is 0.772 e. The van der Waals surface area contributed by atoms with E-state index < -0.39 is 155 Å². The SMILES string of the molecule is C.C.C.CCOC(=O)c1sc(Cl)nc1C(F)(F)F.CCOC(=O)c1sc(S(=O)(=O)Cc2c(C(F)(F)F)nn(C)c2OCC(F)(F)F)nc1C(F)(F)F.COC(=O)CCS(=O)[O-].Cn1nc(C(F)(F)F)c(CBr)c1OCC(F)(F)F.[Na+]. The second-order valence-corrected chi connectivity index (χ2v) is 19.6. The molecule has 0 saturated heterocycles. The summed E-state index contributed by atoms with van der Waals surface area (Å²) in [5.41, 5.74) is -8.30. The minimum atomic E-state index is -5.36. The van der Waals surface area contributed by atoms with Gasteiger partial charge in [0.1, 0.15) is 9.75 Å². The summed E-state index contributed by atoms with van der Waals surface area (Å²) in [4.78, 5) is 37.1. The first-order valence-corrected chi connectivity index (χ1v) is 25.1. The minimum absolute atomic E-state index is 0. The van der Waals surface area contributed by atoms with Gasteiger partial charge >= 0.3 is 84.5 Å². The number of nitrogens with zero attached hydrogens (tertiary/aromatic N) is 6. The van der Waals surface area contributed by atoms with E-state index in [0.717, 1.165) is 14.1 Å². The molecule has 0 fully saturated rings. The third kappa shape index (κ3) is 26.7. The van der Waals surface area contributed by atoms with Crippen LogP contribution in [0.5, 0.6) is 11.8 Å². The average molecular weight is 1370 g/mol. The van der Waals surface area contributed by atoms with Crippen molar-refractivity contribution in [2.75, 3.05) is 39.3 Å². The number of alkyl halides is 19. The van der Waals surface area contributed by atoms with E-state index in [9.17, 15) is 111 Å². The number of methoxy groups -OCH3 is 1. The summed E-state index contributed by atoms with van der Waals surface area (Å²) in [7, 11) is -2.15. The Labute approximate surface area is 487 Å². The Hall–Kier alpha value is -3.74. The number of carbonyl (C=O) groups is 3. The Morgan fingerprint density at radius 3 is 1.36 bits per heavy atom. The van der Waals surface area contributed by atoms with Crippen LogP contribution in [0.25, 0.3) is 0 Å². The number of hydrogen-bond acceptors (Lipinski definition) is 18. The summed E-state index contributed by atoms with van der Waals surface area (Å²) in [6.45, 7) is -1.45. The molecule has 0 spiro atoms. The molecule has 4 aromatic rings. The van der Waals surface area contributed by atoms with Crippen molar-refractivity contribution in [1.29, 1.82) is 0 Å². The van der Waals surface area contributed by atoms with Crippen LogP contribution >= 0.6 is 50.2 Å². The topological polar surface area (TPSA) is 233 Å². The maximum absolute atomic E-state index is 13.3. The Bertz CT molecular complexity index is 2750. The van der Waals surface area contributed by atoms with Crippen molar-refractivity contribution in [3.05, 3.63) is 48.1 Å². The summed E-state index contributed by atoms with van der Waals surface area (Å²) in [6.07, 6.45) is -29.9. The van der Waals surface area contributed by atoms with Crippen LogP contribution in [0.15, 0.2) is 4.34 Å². The molecule has 0 saturated carbocycles. The minimum Gasteiger partial charge on any atom is -0.772 e. The van der Waals surface area contributed by atoms with Crippen LogP contribution in [-0.2, 0) is 89.8 Å². The molecule has 0 aliphatic rings. The molecule has 1 unspecified atom stereocenters. The van der Waals surface area contributed by atoms with Gasteiger partial charge in [-0.3, -0.25) is 9.00 Å². The quantitative estimate of drug-likeness (QED) is 0.0271. The van der Waals surface area contributed by atoms with Gasteiger partial charge in [-0.05, 0) is 13.8 Å². The van der Waals surface area contributed by atoms with Crippen molar-refractivity contribution >= 4 is 89.0 Å². The molecule has 0 bridgehead atoms. The fourth-order valence-corrected chi connectivity index (χ4v) is 9.28. The van der Waals surface area contributed by atoms with E-state index >= 15 is 0 Å². The number of aromatic nitrogens is 6. The van der Waals surface area contributed by atoms with Gasteiger partial charge in [-0.15, -0.1) is 0 Å². The van der Waals surface area contributed by atoms with Crippen LogP contribution in [0.4, 0.5) is 79.0 Å². The van der Waals surface area contributed by atoms with Gasteiger partial charge in [0.25, 0.3) is 0 Å². The van der Waals surface area contributed by atoms with Crippen LogP contribution in [-0.4, -0.2) is 116 Å². The maximum atomic E-state index is 13.3. The zero-order valence-electron chi connectivity index (χ0n) is 38.9. The molecule has 43 heteroatoms. The van der Waals surface area contributed by atoms with E-state index in [1.165, 1.54) is 21.0 Å². The molecule has 4 heterocycles. The van der Waals surface area contributed by atoms with Crippen molar-refractivity contribution in [2.45, 2.75) is 95.0 Å². The predicted octanol–water partition coefficient (Wildman–Crippen LogP) is 8.61. The number of sulfone groups is 1. The normalized spacial score (nSPS) is 12.1. The Morgan fingerprint density at radius 2 is 1.02 bits per heavy atom. The molecular weight excluding hydrogens is 1330 g/mol. The second kappa shape index (κ2) is 33.5. The average Bonchev–Trinajstić information content (AvgIpc) is 4.04. The molecule has 0 amide bonds. The van der Waals surface area contributed by atoms with Crippen molar-refractivity contribution < 1.29 is 164 Å². The Kier molecular flexibility index (Phi) is 34.7. The van der Waals surface area contributed by atoms with E-state index in [1.54, 1.807) is 0 Å². The molecule has 4 rings (SSSR count). The van der Waals surface area contributed by atoms with Crippen LogP contribution in [0.1, 0.15) is 95.8 Å². The van der Waals surface area contributed by atoms with Crippen LogP contribution < -0.4 is 39.0 Å². The maximum Gasteiger partial charge on any atom is 1.00 e. The summed E-state index contributed by atoms with van der Waals surface area (Å²) in [6, 6.07) is 0. The van der Waals surface area contributed by atoms with Crippen LogP contribution in [0.2, 0.25) is 4.47 Å². The van der Waals surface area contributed by atoms with Crippen molar-refractivity contribution in [1.82, 2.24) is 29.5 Å². The molecule has 80 heavy (non-hydrogen) atoms. The molecule has 458 valence electrons. The van der Waals surface area contributed by atoms with Crippen LogP contribution in [0.3, 0.4) is 0 Å². The first-order valence-electron chi connectivity index (χ1n) is 19.1. The van der Waals surface area contributed by atoms with Gasteiger partial charge in [-0.2, -0.15) is 89.2 Å². The summed E-state index contributed by atoms with van der Waals surface area (Å²) >= 11 is 6.08. The zero-order valence-corrected chi connectivity index (χ0v) is 46.5. The van der Waals surface area contributed by atoms with Gasteiger partial charge in [0.05, 0.1) is 43.6 Å². The Balaban J connectivity index is -0.000000530. The number of thiazole rings is 2. The number of halogens is 20. The number of esters is 3. The summed E-state index contributed by atoms with van der Waals surface area (Å²) in [5, 5.41) is 5.74. The Morgan fingerprint density at radius 1 is 0.662 bits per heavy atom. The molecule has 0 N–H and O–H groups in total. The number of aryl methyl sites for hydroxylation is 2. The molecule has 0 radical (unpaired) electrons. The van der Waals surface area contributed by atoms with Crippen molar-refractivity contribution in [3.63, 3.8) is 0 Å². The standard InChI is InChI=1S/C15H12F9N3O5S2.C8H7BrF6N2O.C7H5ClF3NO2S.C4H8O4S.3CH4.Na/c1-3-31-11(28)7-9(15(22,23)24)25-12(33-7)34(29,30)4-6-8(14(19,20)21)26-27(2)10(6)32-5-13(16,17)18;1-17-6(18-3-7(10,11)12)4(2-9)5(16-17)8(13,14)15;1-2-14-5(13)3-4(7(9,10)11)12-6(8)15-3;1-8-4(5)2-3-9(6)7;;;;/h3-5H2,1-2H3;2-3H2,1H3;2H2,1H3;2-3H2,1H3,(H,6,7);3*1H4;/q;;;;;;;+1/p-1. The van der Waals surface area contributed by atoms with E-state index in [0.29, 0.717) is 16.0 Å². The third-order valence-electron chi connectivity index (χ3n) is 7.56. The monoisotopic (exact) mass is 1370 g/mol. The fraction of sp³-hybridized carbons (Fsp3) is 0.595. The van der Waals surface area contributed by atoms with E-state index in [1.807, 2.05) is 0 Å². The zero-order chi connectivity index (χ0) is 59.3. The molecule has 18 nitrogen and oxygen atoms in total. The largest absolute Gasteiger partial charge is 1.00 e. The second-order valence-electron chi connectivity index (χ2n) is 13.3. The number of carbonyl (C=O) groups excluding carboxylic acids is 3. The molecule has 1 atom stereocenters. The number of hydrogen-bond donors (Lipinski definition) is 0. The predicted molar refractivity (Wildman–Crippen MR) is 245 cm³/mol. The van der Waals surface area contributed by atoms with Gasteiger partial charge in [-0.1, -0.05) is 83.6 Å². The van der Waals surface area contributed by atoms with E-state index in [2.05, 4.69) is 59.8 Å². The molecule has 0 aliphatic heterocycles. The van der Waals surface area contributed by atoms with Gasteiger partial charge in [0.15, 0.2) is 40.5 Å². The summed E-state index contributed by atoms with van der Waals surface area (Å²) in [5.74, 6) is -6.88. The van der Waals surface area contributed by atoms with Crippen LogP contribution in [0, 0.1) is 0 Å². The van der Waals surface area contributed by atoms with Gasteiger partial charge in [0.2, 0.25) is 25.9 Å². The van der Waals surface area contributed by atoms with E-state index in [-0.39, 0.29) is 103 Å². The van der Waals surface area contributed by atoms with Crippen molar-refractivity contribution in [2.24, 2.45) is 14.1 Å². The molecule has 0 aliphatic carbocycles. The number of rotatable bonds is 15. The molecule has 4 aromatic heterocycles. The van der Waals surface area contributed by atoms with Gasteiger partial charge in [0, 0.05) is 25.2 Å². The molecule has 0 aromatic carbocycles. The van der Waals surface area contributed by atoms with Gasteiger partial charge < -0.3 is 28.2 Å². The molecular formula is C37H43BrClF18N6NaO12S4. The fourth-order valence-electron chi connectivity index (χ4n) is 4.77.